The molecule has 1 aliphatic heterocycles. The van der Waals surface area contributed by atoms with Crippen LogP contribution in [0.5, 0.6) is 5.75 Å². The number of nitrogens with two attached hydrogens (primary N) is 1. The first-order valence-electron chi connectivity index (χ1n) is 4.75. The molecule has 0 amide bonds. The number of methoxy groups -OCH3 is 1. The zero-order valence-electron chi connectivity index (χ0n) is 8.80. The van der Waals surface area contributed by atoms with Crippen molar-refractivity contribution in [3.63, 3.8) is 0 Å². The molecule has 0 unspecified atom stereocenters. The highest BCUT2D eigenvalue weighted by Gasteiger charge is 2.30. The molecule has 88 valence electrons. The van der Waals surface area contributed by atoms with Gasteiger partial charge < -0.3 is 10.5 Å². The molecule has 1 fully saturated rings. The molecule has 0 saturated carbocycles. The first kappa shape index (κ1) is 11.0. The van der Waals surface area contributed by atoms with Gasteiger partial charge in [0.2, 0.25) is 0 Å². The average molecular weight is 243 g/mol. The summed E-state index contributed by atoms with van der Waals surface area (Å²) >= 11 is 0. The molecular weight excluding hydrogens is 230 g/mol. The standard InChI is InChI=1S/C9H13N3O3S/c1-15-9-3-2-7(10)6-8(9)12-5-4-11-16(12,13)14/h2-3,6,11H,4-5,10H2,1H3. The van der Waals surface area contributed by atoms with Gasteiger partial charge in [-0.15, -0.1) is 0 Å². The Bertz CT molecular complexity index is 501. The number of hydrogen-bond acceptors (Lipinski definition) is 4. The predicted molar refractivity (Wildman–Crippen MR) is 61.7 cm³/mol. The largest absolute Gasteiger partial charge is 0.495 e. The molecule has 3 N–H and O–H groups in total. The van der Waals surface area contributed by atoms with Crippen LogP contribution in [-0.2, 0) is 10.2 Å². The molecule has 0 spiro atoms. The van der Waals surface area contributed by atoms with Gasteiger partial charge >= 0.3 is 10.2 Å². The van der Waals surface area contributed by atoms with Gasteiger partial charge in [0.25, 0.3) is 0 Å². The Hall–Kier alpha value is -1.47. The fraction of sp³-hybridized carbons (Fsp3) is 0.333. The first-order chi connectivity index (χ1) is 7.54. The van der Waals surface area contributed by atoms with Gasteiger partial charge in [-0.3, -0.25) is 4.31 Å². The molecule has 1 aromatic carbocycles. The summed E-state index contributed by atoms with van der Waals surface area (Å²) in [5.74, 6) is 0.487. The zero-order chi connectivity index (χ0) is 11.8. The fourth-order valence-electron chi connectivity index (χ4n) is 1.63. The van der Waals surface area contributed by atoms with Crippen molar-refractivity contribution in [3.05, 3.63) is 18.2 Å². The molecule has 0 bridgehead atoms. The van der Waals surface area contributed by atoms with Crippen LogP contribution in [0, 0.1) is 0 Å². The minimum absolute atomic E-state index is 0.377. The molecule has 7 heteroatoms. The maximum absolute atomic E-state index is 11.7. The van der Waals surface area contributed by atoms with Gasteiger partial charge in [0.15, 0.2) is 0 Å². The molecule has 0 atom stereocenters. The van der Waals surface area contributed by atoms with Gasteiger partial charge in [-0.1, -0.05) is 0 Å². The monoisotopic (exact) mass is 243 g/mol. The second-order valence-electron chi connectivity index (χ2n) is 3.40. The minimum atomic E-state index is -3.44. The van der Waals surface area contributed by atoms with Gasteiger partial charge in [-0.2, -0.15) is 13.1 Å². The SMILES string of the molecule is COc1ccc(N)cc1N1CCNS1(=O)=O. The Kier molecular flexibility index (Phi) is 2.64. The lowest BCUT2D eigenvalue weighted by Crippen LogP contribution is -2.29. The molecule has 0 radical (unpaired) electrons. The van der Waals surface area contributed by atoms with Crippen molar-refractivity contribution in [1.29, 1.82) is 0 Å². The minimum Gasteiger partial charge on any atom is -0.495 e. The molecule has 1 aliphatic rings. The zero-order valence-corrected chi connectivity index (χ0v) is 9.62. The molecular formula is C9H13N3O3S. The van der Waals surface area contributed by atoms with E-state index in [0.29, 0.717) is 30.2 Å². The first-order valence-corrected chi connectivity index (χ1v) is 6.19. The quantitative estimate of drug-likeness (QED) is 0.712. The van der Waals surface area contributed by atoms with Crippen LogP contribution in [0.15, 0.2) is 18.2 Å². The highest BCUT2D eigenvalue weighted by Crippen LogP contribution is 2.32. The van der Waals surface area contributed by atoms with Crippen LogP contribution in [0.3, 0.4) is 0 Å². The normalized spacial score (nSPS) is 18.7. The Morgan fingerprint density at radius 2 is 2.25 bits per heavy atom. The van der Waals surface area contributed by atoms with Crippen molar-refractivity contribution in [2.45, 2.75) is 0 Å². The highest BCUT2D eigenvalue weighted by molar-refractivity contribution is 7.91. The van der Waals surface area contributed by atoms with Crippen LogP contribution in [0.25, 0.3) is 0 Å². The molecule has 0 aromatic heterocycles. The number of hydrogen-bond donors (Lipinski definition) is 2. The van der Waals surface area contributed by atoms with Crippen LogP contribution < -0.4 is 19.5 Å². The van der Waals surface area contributed by atoms with E-state index in [2.05, 4.69) is 4.72 Å². The van der Waals surface area contributed by atoms with Crippen molar-refractivity contribution in [3.8, 4) is 5.75 Å². The number of nitrogens with one attached hydrogen (secondary N) is 1. The predicted octanol–water partition coefficient (Wildman–Crippen LogP) is -0.0682. The molecule has 1 aromatic rings. The van der Waals surface area contributed by atoms with Crippen LogP contribution in [0.2, 0.25) is 0 Å². The van der Waals surface area contributed by atoms with E-state index >= 15 is 0 Å². The van der Waals surface area contributed by atoms with Gasteiger partial charge in [-0.05, 0) is 18.2 Å². The smallest absolute Gasteiger partial charge is 0.301 e. The summed E-state index contributed by atoms with van der Waals surface area (Å²) < 4.78 is 32.1. The van der Waals surface area contributed by atoms with Gasteiger partial charge in [0.05, 0.1) is 12.8 Å². The lowest BCUT2D eigenvalue weighted by Gasteiger charge is -2.19. The maximum atomic E-state index is 11.7. The summed E-state index contributed by atoms with van der Waals surface area (Å²) in [7, 11) is -1.95. The Morgan fingerprint density at radius 3 is 2.81 bits per heavy atom. The van der Waals surface area contributed by atoms with E-state index in [-0.39, 0.29) is 0 Å². The van der Waals surface area contributed by atoms with Crippen molar-refractivity contribution in [2.75, 3.05) is 30.2 Å². The molecule has 16 heavy (non-hydrogen) atoms. The van der Waals surface area contributed by atoms with E-state index < -0.39 is 10.2 Å². The lowest BCUT2D eigenvalue weighted by atomic mass is 10.2. The second kappa shape index (κ2) is 3.84. The van der Waals surface area contributed by atoms with E-state index in [0.717, 1.165) is 0 Å². The Labute approximate surface area is 94.2 Å². The fourth-order valence-corrected chi connectivity index (χ4v) is 2.86. The van der Waals surface area contributed by atoms with Crippen molar-refractivity contribution in [1.82, 2.24) is 4.72 Å². The molecule has 0 aliphatic carbocycles. The van der Waals surface area contributed by atoms with E-state index in [1.165, 1.54) is 11.4 Å². The summed E-state index contributed by atoms with van der Waals surface area (Å²) in [6.45, 7) is 0.766. The summed E-state index contributed by atoms with van der Waals surface area (Å²) in [5, 5.41) is 0. The van der Waals surface area contributed by atoms with E-state index in [1.807, 2.05) is 0 Å². The van der Waals surface area contributed by atoms with E-state index in [4.69, 9.17) is 10.5 Å². The summed E-state index contributed by atoms with van der Waals surface area (Å²) in [6.07, 6.45) is 0. The molecule has 6 nitrogen and oxygen atoms in total. The number of anilines is 2. The number of nitrogens with zero attached hydrogens (tertiary/aromatic N) is 1. The lowest BCUT2D eigenvalue weighted by molar-refractivity contribution is 0.415. The molecule has 2 rings (SSSR count). The average Bonchev–Trinajstić information content (AvgIpc) is 2.58. The Balaban J connectivity index is 2.50. The number of rotatable bonds is 2. The maximum Gasteiger partial charge on any atom is 0.301 e. The topological polar surface area (TPSA) is 84.7 Å². The Morgan fingerprint density at radius 1 is 1.50 bits per heavy atom. The molecule has 1 saturated heterocycles. The van der Waals surface area contributed by atoms with Gasteiger partial charge in [-0.25, -0.2) is 0 Å². The van der Waals surface area contributed by atoms with E-state index in [1.54, 1.807) is 18.2 Å². The van der Waals surface area contributed by atoms with Crippen LogP contribution in [0.4, 0.5) is 11.4 Å². The van der Waals surface area contributed by atoms with Gasteiger partial charge in [0.1, 0.15) is 5.75 Å². The number of ether oxygens (including phenoxy) is 1. The van der Waals surface area contributed by atoms with Crippen molar-refractivity contribution < 1.29 is 13.2 Å². The van der Waals surface area contributed by atoms with E-state index in [9.17, 15) is 8.42 Å². The second-order valence-corrected chi connectivity index (χ2v) is 5.08. The summed E-state index contributed by atoms with van der Waals surface area (Å²) in [6, 6.07) is 4.90. The third-order valence-electron chi connectivity index (χ3n) is 2.36. The molecule has 1 heterocycles. The van der Waals surface area contributed by atoms with Crippen molar-refractivity contribution >= 4 is 21.6 Å². The van der Waals surface area contributed by atoms with Crippen LogP contribution >= 0.6 is 0 Å². The summed E-state index contributed by atoms with van der Waals surface area (Å²) in [4.78, 5) is 0. The number of nitrogen functional groups attached to an aromatic ring is 1. The number of benzene rings is 1. The highest BCUT2D eigenvalue weighted by atomic mass is 32.2. The van der Waals surface area contributed by atoms with Crippen LogP contribution in [0.1, 0.15) is 0 Å². The van der Waals surface area contributed by atoms with Crippen LogP contribution in [-0.4, -0.2) is 28.6 Å². The third kappa shape index (κ3) is 1.79. The van der Waals surface area contributed by atoms with Crippen molar-refractivity contribution in [2.24, 2.45) is 0 Å². The third-order valence-corrected chi connectivity index (χ3v) is 3.89. The summed E-state index contributed by atoms with van der Waals surface area (Å²) in [5.41, 5.74) is 6.60. The van der Waals surface area contributed by atoms with Gasteiger partial charge in [0, 0.05) is 18.8 Å².